The fraction of sp³-hybridized carbons (Fsp3) is 0.444. The predicted octanol–water partition coefficient (Wildman–Crippen LogP) is 3.09. The van der Waals surface area contributed by atoms with Gasteiger partial charge in [-0.25, -0.2) is 4.98 Å². The fourth-order valence-corrected chi connectivity index (χ4v) is 3.23. The van der Waals surface area contributed by atoms with Gasteiger partial charge in [-0.1, -0.05) is 29.8 Å². The first-order valence-electron chi connectivity index (χ1n) is 9.01. The number of hydroxylamine groups is 2. The highest BCUT2D eigenvalue weighted by molar-refractivity contribution is 6.31. The van der Waals surface area contributed by atoms with Gasteiger partial charge in [0.2, 0.25) is 5.95 Å². The fourth-order valence-electron chi connectivity index (χ4n) is 3.03. The smallest absolute Gasteiger partial charge is 0.225 e. The lowest BCUT2D eigenvalue weighted by atomic mass is 9.98. The van der Waals surface area contributed by atoms with Crippen molar-refractivity contribution in [1.82, 2.24) is 20.1 Å². The van der Waals surface area contributed by atoms with Gasteiger partial charge in [0.15, 0.2) is 11.5 Å². The van der Waals surface area contributed by atoms with Crippen LogP contribution in [0.5, 0.6) is 0 Å². The second-order valence-corrected chi connectivity index (χ2v) is 7.20. The molecule has 1 aromatic carbocycles. The van der Waals surface area contributed by atoms with Crippen molar-refractivity contribution in [3.63, 3.8) is 0 Å². The predicted molar refractivity (Wildman–Crippen MR) is 109 cm³/mol. The number of rotatable bonds is 7. The van der Waals surface area contributed by atoms with E-state index in [4.69, 9.17) is 11.6 Å². The Hall–Kier alpha value is -1.97. The molecule has 0 amide bonds. The summed E-state index contributed by atoms with van der Waals surface area (Å²) in [7, 11) is 1.02. The van der Waals surface area contributed by atoms with Crippen molar-refractivity contribution in [2.45, 2.75) is 19.4 Å². The summed E-state index contributed by atoms with van der Waals surface area (Å²) in [5.41, 5.74) is 0.872. The summed E-state index contributed by atoms with van der Waals surface area (Å²) in [6.07, 6.45) is 3.38. The lowest BCUT2D eigenvalue weighted by Crippen LogP contribution is -2.33. The van der Waals surface area contributed by atoms with E-state index in [0.29, 0.717) is 30.0 Å². The lowest BCUT2D eigenvalue weighted by Gasteiger charge is -2.42. The molecule has 0 unspecified atom stereocenters. The van der Waals surface area contributed by atoms with Gasteiger partial charge in [0.1, 0.15) is 0 Å². The summed E-state index contributed by atoms with van der Waals surface area (Å²) < 4.78 is 0. The van der Waals surface area contributed by atoms with Crippen LogP contribution in [0.25, 0.3) is 0 Å². The van der Waals surface area contributed by atoms with E-state index < -0.39 is 4.81 Å². The number of nitrogens with zero attached hydrogens (tertiary/aromatic N) is 3. The minimum absolute atomic E-state index is 0.0350. The molecule has 9 heteroatoms. The highest BCUT2D eigenvalue weighted by Crippen LogP contribution is 2.28. The van der Waals surface area contributed by atoms with Gasteiger partial charge in [0, 0.05) is 18.1 Å². The van der Waals surface area contributed by atoms with Gasteiger partial charge in [-0.15, -0.1) is 0 Å². The Morgan fingerprint density at radius 1 is 1.22 bits per heavy atom. The molecular formula is C18H24ClN6O2-. The van der Waals surface area contributed by atoms with Gasteiger partial charge in [0.05, 0.1) is 13.2 Å². The van der Waals surface area contributed by atoms with Crippen molar-refractivity contribution in [2.75, 3.05) is 37.3 Å². The maximum Gasteiger partial charge on any atom is 0.225 e. The molecule has 0 spiro atoms. The average Bonchev–Trinajstić information content (AvgIpc) is 2.66. The summed E-state index contributed by atoms with van der Waals surface area (Å²) >= 11 is 6.16. The Labute approximate surface area is 163 Å². The number of piperidine rings is 1. The van der Waals surface area contributed by atoms with Gasteiger partial charge in [-0.2, -0.15) is 4.98 Å². The van der Waals surface area contributed by atoms with Crippen molar-refractivity contribution in [3.8, 4) is 0 Å². The van der Waals surface area contributed by atoms with E-state index in [1.807, 2.05) is 24.3 Å². The molecule has 1 aliphatic rings. The maximum atomic E-state index is 11.9. The zero-order valence-corrected chi connectivity index (χ0v) is 16.0. The molecule has 146 valence electrons. The van der Waals surface area contributed by atoms with E-state index >= 15 is 0 Å². The summed E-state index contributed by atoms with van der Waals surface area (Å²) in [4.78, 5) is 6.64. The van der Waals surface area contributed by atoms with E-state index in [1.165, 1.54) is 6.20 Å². The van der Waals surface area contributed by atoms with E-state index in [-0.39, 0.29) is 11.5 Å². The van der Waals surface area contributed by atoms with Gasteiger partial charge < -0.3 is 31.2 Å². The zero-order valence-electron chi connectivity index (χ0n) is 15.2. The third-order valence-electron chi connectivity index (χ3n) is 4.62. The number of benzene rings is 1. The third kappa shape index (κ3) is 5.50. The summed E-state index contributed by atoms with van der Waals surface area (Å²) in [6, 6.07) is 7.48. The molecule has 3 rings (SSSR count). The molecule has 0 saturated carbocycles. The van der Waals surface area contributed by atoms with Crippen LogP contribution in [0, 0.1) is 16.3 Å². The van der Waals surface area contributed by atoms with E-state index in [0.717, 1.165) is 38.5 Å². The van der Waals surface area contributed by atoms with E-state index in [1.54, 1.807) is 0 Å². The number of quaternary nitrogens is 1. The van der Waals surface area contributed by atoms with Crippen molar-refractivity contribution in [3.05, 3.63) is 51.5 Å². The zero-order chi connectivity index (χ0) is 19.3. The Morgan fingerprint density at radius 2 is 1.96 bits per heavy atom. The van der Waals surface area contributed by atoms with Crippen LogP contribution in [0.4, 0.5) is 17.5 Å². The van der Waals surface area contributed by atoms with Crippen molar-refractivity contribution in [2.24, 2.45) is 5.92 Å². The van der Waals surface area contributed by atoms with Crippen LogP contribution < -0.4 is 20.8 Å². The molecule has 0 aliphatic carbocycles. The molecule has 0 bridgehead atoms. The Bertz CT molecular complexity index is 762. The van der Waals surface area contributed by atoms with E-state index in [9.17, 15) is 10.4 Å². The van der Waals surface area contributed by atoms with Gasteiger partial charge in [-0.05, 0) is 43.5 Å². The van der Waals surface area contributed by atoms with Crippen LogP contribution in [0.3, 0.4) is 0 Å². The summed E-state index contributed by atoms with van der Waals surface area (Å²) in [6.45, 7) is 3.05. The minimum atomic E-state index is -1.83. The van der Waals surface area contributed by atoms with Crippen LogP contribution in [-0.4, -0.2) is 36.6 Å². The first-order chi connectivity index (χ1) is 12.9. The van der Waals surface area contributed by atoms with Gasteiger partial charge in [-0.3, -0.25) is 0 Å². The molecule has 3 N–H and O–H groups in total. The first kappa shape index (κ1) is 19.8. The molecule has 0 radical (unpaired) electrons. The molecule has 0 atom stereocenters. The average molecular weight is 392 g/mol. The number of aromatic nitrogens is 2. The highest BCUT2D eigenvalue weighted by atomic mass is 35.5. The molecule has 1 aliphatic heterocycles. The largest absolute Gasteiger partial charge is 0.626 e. The Kier molecular flexibility index (Phi) is 6.46. The normalized spacial score (nSPS) is 15.6. The topological polar surface area (TPSA) is 108 Å². The number of anilines is 2. The van der Waals surface area contributed by atoms with Crippen molar-refractivity contribution >= 4 is 29.1 Å². The number of hydrogen-bond donors (Lipinski definition) is 3. The Balaban J connectivity index is 1.72. The maximum absolute atomic E-state index is 11.9. The molecule has 1 fully saturated rings. The minimum Gasteiger partial charge on any atom is -0.626 e. The second kappa shape index (κ2) is 8.81. The molecule has 1 aromatic heterocycles. The molecule has 8 nitrogen and oxygen atoms in total. The standard InChI is InChI=1S/C18H24ClN6O2/c1-25(26,27)16-12-23-18(22-11-14-4-2-3-5-15(14)19)24-17(16)21-10-13-6-8-20-9-7-13/h2-5,12-13,20H,6-11H2,1H3,(H2,21,22,23,24)/q-1. The number of nitrogens with one attached hydrogen (secondary N) is 3. The van der Waals surface area contributed by atoms with Gasteiger partial charge in [0.25, 0.3) is 0 Å². The number of halogens is 1. The van der Waals surface area contributed by atoms with E-state index in [2.05, 4.69) is 25.9 Å². The SMILES string of the molecule is C[N+]([O-])([O-])c1cnc(NCc2ccccc2Cl)nc1NCC1CCNCC1. The van der Waals surface area contributed by atoms with Crippen LogP contribution in [0.15, 0.2) is 30.5 Å². The third-order valence-corrected chi connectivity index (χ3v) is 4.99. The first-order valence-corrected chi connectivity index (χ1v) is 9.39. The van der Waals surface area contributed by atoms with Crippen molar-refractivity contribution < 1.29 is 0 Å². The monoisotopic (exact) mass is 391 g/mol. The molecule has 27 heavy (non-hydrogen) atoms. The number of hydrogen-bond acceptors (Lipinski definition) is 7. The second-order valence-electron chi connectivity index (χ2n) is 6.79. The molecule has 2 aromatic rings. The summed E-state index contributed by atoms with van der Waals surface area (Å²) in [5.74, 6) is 1.09. The summed E-state index contributed by atoms with van der Waals surface area (Å²) in [5, 5.41) is 34.1. The van der Waals surface area contributed by atoms with Crippen LogP contribution in [0.2, 0.25) is 5.02 Å². The van der Waals surface area contributed by atoms with Crippen LogP contribution in [0.1, 0.15) is 18.4 Å². The van der Waals surface area contributed by atoms with Crippen LogP contribution in [-0.2, 0) is 6.54 Å². The quantitative estimate of drug-likeness (QED) is 0.491. The van der Waals surface area contributed by atoms with Crippen molar-refractivity contribution in [1.29, 1.82) is 0 Å². The van der Waals surface area contributed by atoms with Gasteiger partial charge >= 0.3 is 0 Å². The molecule has 2 heterocycles. The highest BCUT2D eigenvalue weighted by Gasteiger charge is 2.18. The molecular weight excluding hydrogens is 368 g/mol. The van der Waals surface area contributed by atoms with Crippen LogP contribution >= 0.6 is 11.6 Å². The molecule has 1 saturated heterocycles. The lowest BCUT2D eigenvalue weighted by molar-refractivity contribution is 0.389. The Morgan fingerprint density at radius 3 is 2.67 bits per heavy atom.